The van der Waals surface area contributed by atoms with Crippen molar-refractivity contribution >= 4 is 29.0 Å². The van der Waals surface area contributed by atoms with Gasteiger partial charge in [0.05, 0.1) is 6.04 Å². The molecular weight excluding hydrogens is 294 g/mol. The van der Waals surface area contributed by atoms with Crippen LogP contribution in [-0.4, -0.2) is 27.2 Å². The first-order valence-corrected chi connectivity index (χ1v) is 6.88. The number of aromatic hydroxyl groups is 1. The summed E-state index contributed by atoms with van der Waals surface area (Å²) in [5.74, 6) is -1.63. The molecule has 1 aromatic carbocycles. The summed E-state index contributed by atoms with van der Waals surface area (Å²) >= 11 is 1.42. The van der Waals surface area contributed by atoms with E-state index in [4.69, 9.17) is 5.11 Å². The minimum Gasteiger partial charge on any atom is -0.507 e. The molecule has 0 saturated carbocycles. The molecule has 7 nitrogen and oxygen atoms in total. The van der Waals surface area contributed by atoms with Crippen molar-refractivity contribution in [1.29, 1.82) is 0 Å². The topological polar surface area (TPSA) is 112 Å². The number of aromatic carboxylic acids is 1. The Kier molecular flexibility index (Phi) is 4.39. The van der Waals surface area contributed by atoms with Crippen LogP contribution in [0.4, 0.5) is 10.5 Å². The van der Waals surface area contributed by atoms with Crippen molar-refractivity contribution in [2.75, 3.05) is 5.32 Å². The van der Waals surface area contributed by atoms with Gasteiger partial charge in [-0.25, -0.2) is 14.6 Å². The highest BCUT2D eigenvalue weighted by atomic mass is 32.1. The summed E-state index contributed by atoms with van der Waals surface area (Å²) in [5.41, 5.74) is -0.00480. The Hall–Kier alpha value is -2.61. The van der Waals surface area contributed by atoms with Crippen LogP contribution in [0, 0.1) is 0 Å². The number of carbonyl (C=O) groups is 2. The van der Waals surface area contributed by atoms with Gasteiger partial charge in [0.1, 0.15) is 16.3 Å². The summed E-state index contributed by atoms with van der Waals surface area (Å²) in [7, 11) is 0. The zero-order chi connectivity index (χ0) is 15.4. The number of nitrogens with zero attached hydrogens (tertiary/aromatic N) is 1. The molecule has 0 aliphatic carbocycles. The normalized spacial score (nSPS) is 11.7. The Morgan fingerprint density at radius 1 is 1.38 bits per heavy atom. The van der Waals surface area contributed by atoms with Gasteiger partial charge < -0.3 is 20.8 Å². The standard InChI is InChI=1S/C13H13N3O4S/c1-7(11-14-4-5-21-11)15-13(20)16-8-2-3-10(17)9(6-8)12(18)19/h2-7,17H,1H3,(H,18,19)(H2,15,16,20). The lowest BCUT2D eigenvalue weighted by atomic mass is 10.2. The van der Waals surface area contributed by atoms with Crippen LogP contribution in [0.1, 0.15) is 28.3 Å². The Bertz CT molecular complexity index is 657. The van der Waals surface area contributed by atoms with Crippen LogP contribution in [-0.2, 0) is 0 Å². The maximum atomic E-state index is 11.8. The maximum Gasteiger partial charge on any atom is 0.339 e. The van der Waals surface area contributed by atoms with E-state index in [0.29, 0.717) is 0 Å². The zero-order valence-electron chi connectivity index (χ0n) is 11.0. The van der Waals surface area contributed by atoms with Crippen LogP contribution in [0.5, 0.6) is 5.75 Å². The minimum atomic E-state index is -1.27. The van der Waals surface area contributed by atoms with Crippen molar-refractivity contribution in [2.45, 2.75) is 13.0 Å². The summed E-state index contributed by atoms with van der Waals surface area (Å²) < 4.78 is 0. The van der Waals surface area contributed by atoms with Gasteiger partial charge in [0.25, 0.3) is 0 Å². The molecule has 110 valence electrons. The van der Waals surface area contributed by atoms with E-state index >= 15 is 0 Å². The second-order valence-electron chi connectivity index (χ2n) is 4.23. The summed E-state index contributed by atoms with van der Waals surface area (Å²) in [6.07, 6.45) is 1.65. The Morgan fingerprint density at radius 3 is 2.76 bits per heavy atom. The number of hydrogen-bond donors (Lipinski definition) is 4. The fourth-order valence-electron chi connectivity index (χ4n) is 1.66. The number of benzene rings is 1. The van der Waals surface area contributed by atoms with Crippen molar-refractivity contribution in [3.8, 4) is 5.75 Å². The highest BCUT2D eigenvalue weighted by Crippen LogP contribution is 2.21. The summed E-state index contributed by atoms with van der Waals surface area (Å²) in [4.78, 5) is 26.8. The van der Waals surface area contributed by atoms with Crippen molar-refractivity contribution in [3.63, 3.8) is 0 Å². The van der Waals surface area contributed by atoms with E-state index < -0.39 is 12.0 Å². The van der Waals surface area contributed by atoms with E-state index in [-0.39, 0.29) is 23.0 Å². The van der Waals surface area contributed by atoms with Gasteiger partial charge in [0, 0.05) is 17.3 Å². The Balaban J connectivity index is 2.03. The van der Waals surface area contributed by atoms with E-state index in [9.17, 15) is 14.7 Å². The number of hydrogen-bond acceptors (Lipinski definition) is 5. The molecule has 0 bridgehead atoms. The fourth-order valence-corrected chi connectivity index (χ4v) is 2.30. The third-order valence-corrected chi connectivity index (χ3v) is 3.61. The minimum absolute atomic E-state index is 0.263. The van der Waals surface area contributed by atoms with Crippen LogP contribution in [0.25, 0.3) is 0 Å². The molecule has 1 heterocycles. The number of carboxylic acids is 1. The summed E-state index contributed by atoms with van der Waals surface area (Å²) in [5, 5.41) is 26.1. The molecule has 21 heavy (non-hydrogen) atoms. The SMILES string of the molecule is CC(NC(=O)Nc1ccc(O)c(C(=O)O)c1)c1nccs1. The number of carboxylic acid groups (broad SMARTS) is 1. The highest BCUT2D eigenvalue weighted by molar-refractivity contribution is 7.09. The Labute approximate surface area is 124 Å². The third kappa shape index (κ3) is 3.69. The second-order valence-corrected chi connectivity index (χ2v) is 5.15. The third-order valence-electron chi connectivity index (χ3n) is 2.65. The van der Waals surface area contributed by atoms with Crippen molar-refractivity contribution in [1.82, 2.24) is 10.3 Å². The molecule has 8 heteroatoms. The fraction of sp³-hybridized carbons (Fsp3) is 0.154. The monoisotopic (exact) mass is 307 g/mol. The average Bonchev–Trinajstić information content (AvgIpc) is 2.94. The second kappa shape index (κ2) is 6.23. The van der Waals surface area contributed by atoms with Crippen molar-refractivity contribution in [3.05, 3.63) is 40.3 Å². The molecule has 1 unspecified atom stereocenters. The van der Waals surface area contributed by atoms with Gasteiger partial charge in [-0.3, -0.25) is 0 Å². The molecule has 0 aliphatic heterocycles. The number of rotatable bonds is 4. The first-order chi connectivity index (χ1) is 9.97. The van der Waals surface area contributed by atoms with Gasteiger partial charge in [0.15, 0.2) is 0 Å². The molecule has 0 spiro atoms. The first kappa shape index (κ1) is 14.8. The largest absolute Gasteiger partial charge is 0.507 e. The number of aromatic nitrogens is 1. The number of anilines is 1. The van der Waals surface area contributed by atoms with Gasteiger partial charge in [-0.15, -0.1) is 11.3 Å². The van der Waals surface area contributed by atoms with Gasteiger partial charge >= 0.3 is 12.0 Å². The molecule has 2 aromatic rings. The lowest BCUT2D eigenvalue weighted by Gasteiger charge is -2.13. The molecule has 0 aliphatic rings. The number of urea groups is 1. The summed E-state index contributed by atoms with van der Waals surface area (Å²) in [6.45, 7) is 1.79. The van der Waals surface area contributed by atoms with Crippen LogP contribution < -0.4 is 10.6 Å². The van der Waals surface area contributed by atoms with Crippen LogP contribution in [0.2, 0.25) is 0 Å². The van der Waals surface area contributed by atoms with Crippen LogP contribution in [0.15, 0.2) is 29.8 Å². The number of amides is 2. The maximum absolute atomic E-state index is 11.8. The molecule has 4 N–H and O–H groups in total. The quantitative estimate of drug-likeness (QED) is 0.648. The summed E-state index contributed by atoms with van der Waals surface area (Å²) in [6, 6.07) is 3.06. The van der Waals surface area contributed by atoms with Crippen LogP contribution >= 0.6 is 11.3 Å². The molecule has 1 atom stereocenters. The first-order valence-electron chi connectivity index (χ1n) is 6.00. The van der Waals surface area contributed by atoms with E-state index in [2.05, 4.69) is 15.6 Å². The van der Waals surface area contributed by atoms with Crippen molar-refractivity contribution in [2.24, 2.45) is 0 Å². The average molecular weight is 307 g/mol. The highest BCUT2D eigenvalue weighted by Gasteiger charge is 2.14. The predicted octanol–water partition coefficient (Wildman–Crippen LogP) is 2.43. The predicted molar refractivity (Wildman–Crippen MR) is 77.7 cm³/mol. The zero-order valence-corrected chi connectivity index (χ0v) is 11.8. The lowest BCUT2D eigenvalue weighted by Crippen LogP contribution is -2.31. The van der Waals surface area contributed by atoms with Gasteiger partial charge in [-0.1, -0.05) is 0 Å². The van der Waals surface area contributed by atoms with Gasteiger partial charge in [-0.05, 0) is 25.1 Å². The molecule has 2 rings (SSSR count). The van der Waals surface area contributed by atoms with Gasteiger partial charge in [-0.2, -0.15) is 0 Å². The van der Waals surface area contributed by atoms with Gasteiger partial charge in [0.2, 0.25) is 0 Å². The number of thiazole rings is 1. The van der Waals surface area contributed by atoms with Crippen LogP contribution in [0.3, 0.4) is 0 Å². The van der Waals surface area contributed by atoms with E-state index in [1.165, 1.54) is 29.5 Å². The molecule has 2 amide bonds. The Morgan fingerprint density at radius 2 is 2.14 bits per heavy atom. The van der Waals surface area contributed by atoms with E-state index in [1.807, 2.05) is 5.38 Å². The van der Waals surface area contributed by atoms with Crippen molar-refractivity contribution < 1.29 is 19.8 Å². The molecule has 1 aromatic heterocycles. The molecular formula is C13H13N3O4S. The lowest BCUT2D eigenvalue weighted by molar-refractivity contribution is 0.0693. The van der Waals surface area contributed by atoms with E-state index in [1.54, 1.807) is 13.1 Å². The number of carbonyl (C=O) groups excluding carboxylic acids is 1. The number of phenols is 1. The smallest absolute Gasteiger partial charge is 0.339 e. The molecule has 0 radical (unpaired) electrons. The molecule has 0 fully saturated rings. The number of nitrogens with one attached hydrogen (secondary N) is 2. The molecule has 0 saturated heterocycles. The van der Waals surface area contributed by atoms with E-state index in [0.717, 1.165) is 5.01 Å².